The van der Waals surface area contributed by atoms with Gasteiger partial charge in [-0.25, -0.2) is 4.79 Å². The first kappa shape index (κ1) is 12.3. The second-order valence-electron chi connectivity index (χ2n) is 4.77. The number of hydrogen-bond donors (Lipinski definition) is 3. The van der Waals surface area contributed by atoms with Gasteiger partial charge in [-0.05, 0) is 6.92 Å². The standard InChI is InChI=1S/C11H16O6/c1-11(15)3-6(12)7-5(9(13)16-2)4-17-10(14)8(7)11/h4,6-8,10,12,14-15H,3H2,1-2H3/t6-,7+,8-,10+,11+/m1/s1. The summed E-state index contributed by atoms with van der Waals surface area (Å²) in [5.41, 5.74) is -1.13. The molecule has 0 saturated heterocycles. The third kappa shape index (κ3) is 1.82. The van der Waals surface area contributed by atoms with E-state index in [1.54, 1.807) is 0 Å². The highest BCUT2D eigenvalue weighted by atomic mass is 16.6. The van der Waals surface area contributed by atoms with Crippen LogP contribution >= 0.6 is 0 Å². The van der Waals surface area contributed by atoms with Crippen LogP contribution in [-0.2, 0) is 14.3 Å². The van der Waals surface area contributed by atoms with Gasteiger partial charge in [0.2, 0.25) is 6.29 Å². The number of aliphatic hydroxyl groups excluding tert-OH is 2. The van der Waals surface area contributed by atoms with Gasteiger partial charge in [0.15, 0.2) is 0 Å². The van der Waals surface area contributed by atoms with Crippen molar-refractivity contribution < 1.29 is 29.6 Å². The first-order valence-electron chi connectivity index (χ1n) is 5.41. The van der Waals surface area contributed by atoms with E-state index in [1.807, 2.05) is 0 Å². The number of fused-ring (bicyclic) bond motifs is 1. The van der Waals surface area contributed by atoms with Crippen LogP contribution in [0.4, 0.5) is 0 Å². The number of rotatable bonds is 1. The Morgan fingerprint density at radius 3 is 2.82 bits per heavy atom. The summed E-state index contributed by atoms with van der Waals surface area (Å²) in [5.74, 6) is -2.03. The van der Waals surface area contributed by atoms with Crippen LogP contribution in [-0.4, -0.2) is 46.4 Å². The Balaban J connectivity index is 2.38. The first-order chi connectivity index (χ1) is 7.88. The van der Waals surface area contributed by atoms with Crippen molar-refractivity contribution in [2.45, 2.75) is 31.3 Å². The molecular formula is C11H16O6. The number of esters is 1. The Labute approximate surface area is 98.5 Å². The summed E-state index contributed by atoms with van der Waals surface area (Å²) in [4.78, 5) is 11.5. The molecule has 3 N–H and O–H groups in total. The fraction of sp³-hybridized carbons (Fsp3) is 0.727. The van der Waals surface area contributed by atoms with Crippen LogP contribution in [0.25, 0.3) is 0 Å². The Morgan fingerprint density at radius 2 is 2.24 bits per heavy atom. The van der Waals surface area contributed by atoms with Crippen molar-refractivity contribution in [3.63, 3.8) is 0 Å². The molecule has 96 valence electrons. The molecule has 6 nitrogen and oxygen atoms in total. The molecule has 0 unspecified atom stereocenters. The predicted molar refractivity (Wildman–Crippen MR) is 55.4 cm³/mol. The summed E-state index contributed by atoms with van der Waals surface area (Å²) in [6.07, 6.45) is -0.959. The normalized spacial score (nSPS) is 44.6. The van der Waals surface area contributed by atoms with Gasteiger partial charge in [-0.15, -0.1) is 0 Å². The van der Waals surface area contributed by atoms with Crippen molar-refractivity contribution in [1.82, 2.24) is 0 Å². The molecule has 0 bridgehead atoms. The molecule has 17 heavy (non-hydrogen) atoms. The lowest BCUT2D eigenvalue weighted by Crippen LogP contribution is -2.45. The van der Waals surface area contributed by atoms with Crippen LogP contribution in [0.3, 0.4) is 0 Å². The van der Waals surface area contributed by atoms with E-state index in [4.69, 9.17) is 4.74 Å². The first-order valence-corrected chi connectivity index (χ1v) is 5.41. The molecule has 0 amide bonds. The molecule has 1 fully saturated rings. The molecule has 6 heteroatoms. The van der Waals surface area contributed by atoms with E-state index in [0.717, 1.165) is 6.26 Å². The SMILES string of the molecule is COC(=O)C1=CO[C@H](O)[C@H]2[C@@H]1[C@H](O)C[C@]2(C)O. The fourth-order valence-electron chi connectivity index (χ4n) is 2.81. The van der Waals surface area contributed by atoms with Crippen LogP contribution < -0.4 is 0 Å². The van der Waals surface area contributed by atoms with E-state index in [-0.39, 0.29) is 12.0 Å². The van der Waals surface area contributed by atoms with Crippen molar-refractivity contribution in [3.8, 4) is 0 Å². The van der Waals surface area contributed by atoms with E-state index < -0.39 is 35.8 Å². The van der Waals surface area contributed by atoms with E-state index in [0.29, 0.717) is 0 Å². The van der Waals surface area contributed by atoms with E-state index in [1.165, 1.54) is 14.0 Å². The van der Waals surface area contributed by atoms with E-state index >= 15 is 0 Å². The molecule has 0 aromatic rings. The lowest BCUT2D eigenvalue weighted by Gasteiger charge is -2.35. The Bertz CT molecular complexity index is 361. The quantitative estimate of drug-likeness (QED) is 0.519. The van der Waals surface area contributed by atoms with E-state index in [2.05, 4.69) is 4.74 Å². The highest BCUT2D eigenvalue weighted by Crippen LogP contribution is 2.48. The lowest BCUT2D eigenvalue weighted by molar-refractivity contribution is -0.167. The smallest absolute Gasteiger partial charge is 0.337 e. The average molecular weight is 244 g/mol. The second kappa shape index (κ2) is 3.97. The van der Waals surface area contributed by atoms with Gasteiger partial charge in [-0.1, -0.05) is 0 Å². The van der Waals surface area contributed by atoms with Crippen molar-refractivity contribution in [3.05, 3.63) is 11.8 Å². The molecule has 0 aromatic heterocycles. The molecule has 1 aliphatic heterocycles. The van der Waals surface area contributed by atoms with Gasteiger partial charge >= 0.3 is 5.97 Å². The predicted octanol–water partition coefficient (Wildman–Crippen LogP) is -0.860. The molecule has 1 saturated carbocycles. The lowest BCUT2D eigenvalue weighted by atomic mass is 9.81. The van der Waals surface area contributed by atoms with Crippen molar-refractivity contribution >= 4 is 5.97 Å². The maximum absolute atomic E-state index is 11.5. The van der Waals surface area contributed by atoms with Crippen LogP contribution in [0.15, 0.2) is 11.8 Å². The topological polar surface area (TPSA) is 96.2 Å². The van der Waals surface area contributed by atoms with Crippen molar-refractivity contribution in [1.29, 1.82) is 0 Å². The number of carbonyl (C=O) groups is 1. The highest BCUT2D eigenvalue weighted by molar-refractivity contribution is 5.89. The Hall–Kier alpha value is -1.11. The van der Waals surface area contributed by atoms with Crippen molar-refractivity contribution in [2.75, 3.05) is 7.11 Å². The van der Waals surface area contributed by atoms with Gasteiger partial charge in [0, 0.05) is 12.3 Å². The van der Waals surface area contributed by atoms with Crippen LogP contribution in [0.1, 0.15) is 13.3 Å². The molecule has 5 atom stereocenters. The zero-order valence-corrected chi connectivity index (χ0v) is 9.66. The largest absolute Gasteiger partial charge is 0.472 e. The fourth-order valence-corrected chi connectivity index (χ4v) is 2.81. The molecular weight excluding hydrogens is 228 g/mol. The minimum absolute atomic E-state index is 0.0804. The summed E-state index contributed by atoms with van der Waals surface area (Å²) in [7, 11) is 1.22. The minimum atomic E-state index is -1.28. The Kier molecular flexibility index (Phi) is 2.89. The molecule has 2 aliphatic rings. The third-order valence-corrected chi connectivity index (χ3v) is 3.56. The molecule has 2 rings (SSSR count). The zero-order valence-electron chi connectivity index (χ0n) is 9.66. The van der Waals surface area contributed by atoms with Crippen LogP contribution in [0.5, 0.6) is 0 Å². The summed E-state index contributed by atoms with van der Waals surface area (Å²) in [5, 5.41) is 29.8. The second-order valence-corrected chi connectivity index (χ2v) is 4.77. The van der Waals surface area contributed by atoms with Crippen molar-refractivity contribution in [2.24, 2.45) is 11.8 Å². The van der Waals surface area contributed by atoms with Crippen LogP contribution in [0.2, 0.25) is 0 Å². The van der Waals surface area contributed by atoms with E-state index in [9.17, 15) is 20.1 Å². The number of methoxy groups -OCH3 is 1. The van der Waals surface area contributed by atoms with Gasteiger partial charge in [0.05, 0.1) is 36.6 Å². The molecule has 0 radical (unpaired) electrons. The number of hydrogen-bond acceptors (Lipinski definition) is 6. The summed E-state index contributed by atoms with van der Waals surface area (Å²) >= 11 is 0. The van der Waals surface area contributed by atoms with Crippen LogP contribution in [0, 0.1) is 11.8 Å². The Morgan fingerprint density at radius 1 is 1.59 bits per heavy atom. The molecule has 0 aromatic carbocycles. The average Bonchev–Trinajstić information content (AvgIpc) is 2.50. The maximum Gasteiger partial charge on any atom is 0.337 e. The van der Waals surface area contributed by atoms with Gasteiger partial charge in [0.1, 0.15) is 0 Å². The zero-order chi connectivity index (χ0) is 12.8. The van der Waals surface area contributed by atoms with Gasteiger partial charge in [-0.2, -0.15) is 0 Å². The third-order valence-electron chi connectivity index (χ3n) is 3.56. The highest BCUT2D eigenvalue weighted by Gasteiger charge is 2.57. The van der Waals surface area contributed by atoms with Gasteiger partial charge < -0.3 is 24.8 Å². The number of ether oxygens (including phenoxy) is 2. The summed E-state index contributed by atoms with van der Waals surface area (Å²) in [6, 6.07) is 0. The van der Waals surface area contributed by atoms with Gasteiger partial charge in [0.25, 0.3) is 0 Å². The summed E-state index contributed by atoms with van der Waals surface area (Å²) < 4.78 is 9.52. The monoisotopic (exact) mass is 244 g/mol. The molecule has 0 spiro atoms. The van der Waals surface area contributed by atoms with Gasteiger partial charge in [-0.3, -0.25) is 0 Å². The maximum atomic E-state index is 11.5. The number of aliphatic hydroxyl groups is 3. The molecule has 1 heterocycles. The number of carbonyl (C=O) groups excluding carboxylic acids is 1. The minimum Gasteiger partial charge on any atom is -0.472 e. The molecule has 1 aliphatic carbocycles. The summed E-state index contributed by atoms with van der Waals surface area (Å²) in [6.45, 7) is 1.51.